The summed E-state index contributed by atoms with van der Waals surface area (Å²) in [7, 11) is 0. The Balaban J connectivity index is 1.38. The Kier molecular flexibility index (Phi) is 7.69. The van der Waals surface area contributed by atoms with Crippen molar-refractivity contribution in [3.05, 3.63) is 83.4 Å². The number of likely N-dealkylation sites (tertiary alicyclic amines) is 1. The fraction of sp³-hybridized carbons (Fsp3) is 0.429. The van der Waals surface area contributed by atoms with Crippen LogP contribution in [0.1, 0.15) is 75.2 Å². The summed E-state index contributed by atoms with van der Waals surface area (Å²) in [6.07, 6.45) is 4.06. The third-order valence-electron chi connectivity index (χ3n) is 9.01. The molecular formula is C35H40FNO4. The van der Waals surface area contributed by atoms with Gasteiger partial charge in [0, 0.05) is 29.3 Å². The quantitative estimate of drug-likeness (QED) is 0.309. The molecule has 2 aliphatic heterocycles. The number of fused-ring (bicyclic) bond motifs is 1. The molecule has 3 aliphatic rings. The number of alkyl halides is 1. The van der Waals surface area contributed by atoms with Crippen LogP contribution in [0.4, 0.5) is 4.39 Å². The maximum absolute atomic E-state index is 17.1. The van der Waals surface area contributed by atoms with Gasteiger partial charge in [0.1, 0.15) is 41.4 Å². The maximum Gasteiger partial charge on any atom is 0.150 e. The normalized spacial score (nSPS) is 23.1. The predicted molar refractivity (Wildman–Crippen MR) is 160 cm³/mol. The molecule has 0 bridgehead atoms. The minimum absolute atomic E-state index is 0.0667. The van der Waals surface area contributed by atoms with E-state index in [9.17, 15) is 10.2 Å². The zero-order chi connectivity index (χ0) is 28.6. The van der Waals surface area contributed by atoms with Crippen molar-refractivity contribution in [3.8, 4) is 23.0 Å². The summed E-state index contributed by atoms with van der Waals surface area (Å²) in [6.45, 7) is 7.36. The minimum atomic E-state index is -1.57. The van der Waals surface area contributed by atoms with Crippen LogP contribution in [0.25, 0.3) is 11.1 Å². The standard InChI is InChI=1S/C35H40FNO4/c1-23-15-18-37(21-23)24(2)22-40-29-12-9-25(10-13-29)34-32(26-7-6-8-27(38)19-26)33(35(36)16-4-3-5-17-35)30-20-28(39)11-14-31(30)41-34/h6-14,19-20,23-24,34,38-39H,3-5,15-18,21-22H2,1-2H3/t23-,24+,34?/m1/s1. The lowest BCUT2D eigenvalue weighted by molar-refractivity contribution is 0.168. The fourth-order valence-electron chi connectivity index (χ4n) is 6.76. The van der Waals surface area contributed by atoms with Gasteiger partial charge in [0.15, 0.2) is 0 Å². The van der Waals surface area contributed by atoms with Crippen molar-refractivity contribution in [1.82, 2.24) is 4.90 Å². The zero-order valence-electron chi connectivity index (χ0n) is 24.0. The van der Waals surface area contributed by atoms with E-state index in [-0.39, 0.29) is 11.5 Å². The second-order valence-electron chi connectivity index (χ2n) is 12.2. The summed E-state index contributed by atoms with van der Waals surface area (Å²) in [6, 6.07) is 20.1. The van der Waals surface area contributed by atoms with E-state index in [4.69, 9.17) is 9.47 Å². The summed E-state index contributed by atoms with van der Waals surface area (Å²) >= 11 is 0. The van der Waals surface area contributed by atoms with Crippen LogP contribution in [-0.4, -0.2) is 46.5 Å². The fourth-order valence-corrected chi connectivity index (χ4v) is 6.76. The van der Waals surface area contributed by atoms with Gasteiger partial charge in [0.2, 0.25) is 0 Å². The summed E-state index contributed by atoms with van der Waals surface area (Å²) in [4.78, 5) is 2.48. The Bertz CT molecular complexity index is 1410. The van der Waals surface area contributed by atoms with Gasteiger partial charge in [-0.25, -0.2) is 4.39 Å². The van der Waals surface area contributed by atoms with Crippen LogP contribution in [-0.2, 0) is 0 Å². The van der Waals surface area contributed by atoms with E-state index in [1.807, 2.05) is 30.3 Å². The molecule has 0 aromatic heterocycles. The molecule has 3 aromatic rings. The monoisotopic (exact) mass is 557 g/mol. The van der Waals surface area contributed by atoms with Crippen LogP contribution in [0.15, 0.2) is 66.7 Å². The van der Waals surface area contributed by atoms with Crippen molar-refractivity contribution in [1.29, 1.82) is 0 Å². The molecule has 3 atom stereocenters. The number of phenols is 2. The van der Waals surface area contributed by atoms with E-state index in [2.05, 4.69) is 18.7 Å². The first-order chi connectivity index (χ1) is 19.8. The van der Waals surface area contributed by atoms with E-state index < -0.39 is 11.8 Å². The maximum atomic E-state index is 17.1. The Morgan fingerprint density at radius 2 is 1.76 bits per heavy atom. The number of ether oxygens (including phenoxy) is 2. The van der Waals surface area contributed by atoms with Crippen molar-refractivity contribution in [2.24, 2.45) is 5.92 Å². The van der Waals surface area contributed by atoms with Gasteiger partial charge in [-0.1, -0.05) is 37.6 Å². The lowest BCUT2D eigenvalue weighted by Gasteiger charge is -2.40. The van der Waals surface area contributed by atoms with Crippen LogP contribution >= 0.6 is 0 Å². The van der Waals surface area contributed by atoms with Gasteiger partial charge in [-0.05, 0) is 105 Å². The van der Waals surface area contributed by atoms with E-state index >= 15 is 4.39 Å². The molecule has 6 heteroatoms. The van der Waals surface area contributed by atoms with E-state index in [1.165, 1.54) is 6.42 Å². The Morgan fingerprint density at radius 1 is 1.00 bits per heavy atom. The first-order valence-corrected chi connectivity index (χ1v) is 15.0. The highest BCUT2D eigenvalue weighted by molar-refractivity contribution is 5.99. The average molecular weight is 558 g/mol. The molecular weight excluding hydrogens is 517 g/mol. The molecule has 1 saturated carbocycles. The molecule has 2 fully saturated rings. The number of benzene rings is 3. The van der Waals surface area contributed by atoms with Crippen molar-refractivity contribution >= 4 is 11.1 Å². The lowest BCUT2D eigenvalue weighted by Crippen LogP contribution is -2.35. The molecule has 1 saturated heterocycles. The number of aromatic hydroxyl groups is 2. The predicted octanol–water partition coefficient (Wildman–Crippen LogP) is 7.92. The highest BCUT2D eigenvalue weighted by atomic mass is 19.1. The third-order valence-corrected chi connectivity index (χ3v) is 9.01. The van der Waals surface area contributed by atoms with Gasteiger partial charge >= 0.3 is 0 Å². The number of rotatable bonds is 7. The van der Waals surface area contributed by atoms with Crippen LogP contribution in [0.5, 0.6) is 23.0 Å². The molecule has 1 unspecified atom stereocenters. The van der Waals surface area contributed by atoms with Gasteiger partial charge in [0.05, 0.1) is 0 Å². The second kappa shape index (κ2) is 11.4. The topological polar surface area (TPSA) is 62.2 Å². The summed E-state index contributed by atoms with van der Waals surface area (Å²) < 4.78 is 29.9. The second-order valence-corrected chi connectivity index (χ2v) is 12.2. The van der Waals surface area contributed by atoms with Gasteiger partial charge in [0.25, 0.3) is 0 Å². The Hall–Kier alpha value is -3.51. The highest BCUT2D eigenvalue weighted by Crippen LogP contribution is 2.55. The molecule has 5 nitrogen and oxygen atoms in total. The van der Waals surface area contributed by atoms with Gasteiger partial charge in [-0.15, -0.1) is 0 Å². The van der Waals surface area contributed by atoms with Gasteiger partial charge in [-0.3, -0.25) is 4.90 Å². The summed E-state index contributed by atoms with van der Waals surface area (Å²) in [5, 5.41) is 20.8. The lowest BCUT2D eigenvalue weighted by atomic mass is 9.72. The Labute approximate surface area is 242 Å². The third kappa shape index (κ3) is 5.67. The number of nitrogens with zero attached hydrogens (tertiary/aromatic N) is 1. The highest BCUT2D eigenvalue weighted by Gasteiger charge is 2.44. The first-order valence-electron chi connectivity index (χ1n) is 15.0. The number of halogens is 1. The number of hydrogen-bond donors (Lipinski definition) is 2. The molecule has 0 amide bonds. The largest absolute Gasteiger partial charge is 0.508 e. The minimum Gasteiger partial charge on any atom is -0.508 e. The van der Waals surface area contributed by atoms with Gasteiger partial charge in [-0.2, -0.15) is 0 Å². The van der Waals surface area contributed by atoms with Gasteiger partial charge < -0.3 is 19.7 Å². The van der Waals surface area contributed by atoms with Crippen LogP contribution in [0.3, 0.4) is 0 Å². The molecule has 2 N–H and O–H groups in total. The van der Waals surface area contributed by atoms with Crippen molar-refractivity contribution in [2.45, 2.75) is 70.2 Å². The SMILES string of the molecule is C[C@@H]1CCN([C@@H](C)COc2ccc(C3Oc4ccc(O)cc4C(C4(F)CCCCC4)=C3c3cccc(O)c3)cc2)C1. The van der Waals surface area contributed by atoms with Crippen LogP contribution < -0.4 is 9.47 Å². The van der Waals surface area contributed by atoms with Crippen molar-refractivity contribution < 1.29 is 24.1 Å². The molecule has 1 aliphatic carbocycles. The Morgan fingerprint density at radius 3 is 2.46 bits per heavy atom. The smallest absolute Gasteiger partial charge is 0.150 e. The summed E-state index contributed by atoms with van der Waals surface area (Å²) in [5.41, 5.74) is 1.82. The molecule has 216 valence electrons. The van der Waals surface area contributed by atoms with Crippen molar-refractivity contribution in [3.63, 3.8) is 0 Å². The van der Waals surface area contributed by atoms with Crippen LogP contribution in [0.2, 0.25) is 0 Å². The average Bonchev–Trinajstić information content (AvgIpc) is 3.42. The van der Waals surface area contributed by atoms with Crippen LogP contribution in [0, 0.1) is 5.92 Å². The van der Waals surface area contributed by atoms with E-state index in [0.29, 0.717) is 53.5 Å². The van der Waals surface area contributed by atoms with E-state index in [0.717, 1.165) is 49.6 Å². The molecule has 0 radical (unpaired) electrons. The first kappa shape index (κ1) is 27.6. The molecule has 2 heterocycles. The number of allylic oxidation sites excluding steroid dienone is 1. The number of phenolic OH excluding ortho intramolecular Hbond substituents is 2. The van der Waals surface area contributed by atoms with Crippen molar-refractivity contribution in [2.75, 3.05) is 19.7 Å². The molecule has 6 rings (SSSR count). The van der Waals surface area contributed by atoms with E-state index in [1.54, 1.807) is 36.4 Å². The molecule has 0 spiro atoms. The summed E-state index contributed by atoms with van der Waals surface area (Å²) in [5.74, 6) is 2.24. The molecule has 41 heavy (non-hydrogen) atoms. The molecule has 3 aromatic carbocycles. The number of hydrogen-bond acceptors (Lipinski definition) is 5. The zero-order valence-corrected chi connectivity index (χ0v) is 24.0.